The highest BCUT2D eigenvalue weighted by Gasteiger charge is 2.10. The van der Waals surface area contributed by atoms with E-state index >= 15 is 0 Å². The largest absolute Gasteiger partial charge is 0.468 e. The molecule has 0 saturated heterocycles. The third kappa shape index (κ3) is 1.78. The van der Waals surface area contributed by atoms with Gasteiger partial charge >= 0.3 is 0 Å². The van der Waals surface area contributed by atoms with E-state index in [9.17, 15) is 0 Å². The molecule has 4 heteroatoms. The normalized spacial score (nSPS) is 13.0. The van der Waals surface area contributed by atoms with Gasteiger partial charge in [-0.1, -0.05) is 0 Å². The summed E-state index contributed by atoms with van der Waals surface area (Å²) in [5, 5.41) is 0. The molecule has 13 heavy (non-hydrogen) atoms. The Morgan fingerprint density at radius 1 is 1.62 bits per heavy atom. The molecular formula is C9H11N3O. The molecule has 68 valence electrons. The maximum Gasteiger partial charge on any atom is 0.120 e. The summed E-state index contributed by atoms with van der Waals surface area (Å²) in [6, 6.07) is 3.58. The van der Waals surface area contributed by atoms with Gasteiger partial charge in [0.2, 0.25) is 0 Å². The van der Waals surface area contributed by atoms with Gasteiger partial charge in [-0.2, -0.15) is 0 Å². The Hall–Kier alpha value is -1.55. The van der Waals surface area contributed by atoms with E-state index in [1.54, 1.807) is 18.7 Å². The maximum absolute atomic E-state index is 5.88. The van der Waals surface area contributed by atoms with E-state index < -0.39 is 0 Å². The van der Waals surface area contributed by atoms with Crippen molar-refractivity contribution in [1.82, 2.24) is 9.97 Å². The molecule has 0 amide bonds. The van der Waals surface area contributed by atoms with Crippen LogP contribution in [0.5, 0.6) is 0 Å². The van der Waals surface area contributed by atoms with E-state index in [4.69, 9.17) is 10.2 Å². The van der Waals surface area contributed by atoms with Crippen LogP contribution in [0.25, 0.3) is 0 Å². The number of hydrogen-bond acceptors (Lipinski definition) is 3. The molecule has 2 aromatic rings. The molecule has 2 aromatic heterocycles. The molecule has 1 unspecified atom stereocenters. The number of nitrogens with zero attached hydrogens (tertiary/aromatic N) is 1. The van der Waals surface area contributed by atoms with Crippen LogP contribution >= 0.6 is 0 Å². The lowest BCUT2D eigenvalue weighted by Crippen LogP contribution is -2.13. The van der Waals surface area contributed by atoms with Crippen LogP contribution < -0.4 is 5.73 Å². The number of nitrogens with one attached hydrogen (secondary N) is 1. The van der Waals surface area contributed by atoms with E-state index in [-0.39, 0.29) is 6.04 Å². The van der Waals surface area contributed by atoms with Crippen LogP contribution in [0.15, 0.2) is 35.2 Å². The standard InChI is InChI=1S/C9H11N3O/c10-7(8-2-1-5-13-8)6-9-11-3-4-12-9/h1-5,7H,6,10H2,(H,11,12). The Balaban J connectivity index is 2.04. The first-order valence-electron chi connectivity index (χ1n) is 4.13. The number of H-pyrrole nitrogens is 1. The molecule has 1 atom stereocenters. The fourth-order valence-corrected chi connectivity index (χ4v) is 1.22. The Bertz CT molecular complexity index is 339. The number of furan rings is 1. The molecule has 0 spiro atoms. The van der Waals surface area contributed by atoms with Gasteiger partial charge in [-0.15, -0.1) is 0 Å². The summed E-state index contributed by atoms with van der Waals surface area (Å²) in [5.41, 5.74) is 5.88. The highest BCUT2D eigenvalue weighted by Crippen LogP contribution is 2.13. The molecule has 0 saturated carbocycles. The molecule has 0 aliphatic rings. The summed E-state index contributed by atoms with van der Waals surface area (Å²) in [4.78, 5) is 7.09. The predicted molar refractivity (Wildman–Crippen MR) is 47.9 cm³/mol. The Morgan fingerprint density at radius 2 is 2.54 bits per heavy atom. The zero-order chi connectivity index (χ0) is 9.10. The van der Waals surface area contributed by atoms with E-state index in [1.165, 1.54) is 0 Å². The molecule has 0 fully saturated rings. The fourth-order valence-electron chi connectivity index (χ4n) is 1.22. The van der Waals surface area contributed by atoms with Crippen molar-refractivity contribution in [2.75, 3.05) is 0 Å². The van der Waals surface area contributed by atoms with Crippen molar-refractivity contribution < 1.29 is 4.42 Å². The Kier molecular flexibility index (Phi) is 2.14. The second kappa shape index (κ2) is 3.45. The number of nitrogens with two attached hydrogens (primary N) is 1. The van der Waals surface area contributed by atoms with E-state index in [1.807, 2.05) is 12.1 Å². The van der Waals surface area contributed by atoms with Crippen molar-refractivity contribution in [1.29, 1.82) is 0 Å². The van der Waals surface area contributed by atoms with Gasteiger partial charge in [-0.25, -0.2) is 4.98 Å². The van der Waals surface area contributed by atoms with Crippen molar-refractivity contribution in [3.8, 4) is 0 Å². The molecule has 3 N–H and O–H groups in total. The first-order chi connectivity index (χ1) is 6.36. The monoisotopic (exact) mass is 177 g/mol. The minimum absolute atomic E-state index is 0.124. The van der Waals surface area contributed by atoms with E-state index in [0.29, 0.717) is 6.42 Å². The van der Waals surface area contributed by atoms with Crippen molar-refractivity contribution in [2.24, 2.45) is 5.73 Å². The molecular weight excluding hydrogens is 166 g/mol. The number of hydrogen-bond donors (Lipinski definition) is 2. The van der Waals surface area contributed by atoms with Crippen LogP contribution in [0.4, 0.5) is 0 Å². The van der Waals surface area contributed by atoms with Crippen LogP contribution in [0.2, 0.25) is 0 Å². The Morgan fingerprint density at radius 3 is 3.15 bits per heavy atom. The third-order valence-corrected chi connectivity index (χ3v) is 1.88. The van der Waals surface area contributed by atoms with Crippen molar-refractivity contribution >= 4 is 0 Å². The van der Waals surface area contributed by atoms with Crippen LogP contribution in [0, 0.1) is 0 Å². The van der Waals surface area contributed by atoms with Gasteiger partial charge in [0.1, 0.15) is 11.6 Å². The molecule has 0 aromatic carbocycles. The molecule has 0 radical (unpaired) electrons. The first kappa shape index (κ1) is 8.07. The van der Waals surface area contributed by atoms with Crippen LogP contribution in [0.3, 0.4) is 0 Å². The second-order valence-electron chi connectivity index (χ2n) is 2.86. The minimum Gasteiger partial charge on any atom is -0.468 e. The summed E-state index contributed by atoms with van der Waals surface area (Å²) < 4.78 is 5.18. The topological polar surface area (TPSA) is 67.8 Å². The van der Waals surface area contributed by atoms with E-state index in [2.05, 4.69) is 9.97 Å². The van der Waals surface area contributed by atoms with Gasteiger partial charge in [-0.05, 0) is 12.1 Å². The molecule has 0 aliphatic heterocycles. The average molecular weight is 177 g/mol. The number of rotatable bonds is 3. The summed E-state index contributed by atoms with van der Waals surface area (Å²) in [6.07, 6.45) is 5.78. The summed E-state index contributed by atoms with van der Waals surface area (Å²) in [5.74, 6) is 1.67. The third-order valence-electron chi connectivity index (χ3n) is 1.88. The smallest absolute Gasteiger partial charge is 0.120 e. The van der Waals surface area contributed by atoms with Gasteiger partial charge in [0.05, 0.1) is 12.3 Å². The van der Waals surface area contributed by atoms with Crippen molar-refractivity contribution in [3.63, 3.8) is 0 Å². The molecule has 0 bridgehead atoms. The van der Waals surface area contributed by atoms with E-state index in [0.717, 1.165) is 11.6 Å². The number of imidazole rings is 1. The quantitative estimate of drug-likeness (QED) is 0.741. The zero-order valence-corrected chi connectivity index (χ0v) is 7.10. The first-order valence-corrected chi connectivity index (χ1v) is 4.13. The molecule has 4 nitrogen and oxygen atoms in total. The van der Waals surface area contributed by atoms with Crippen molar-refractivity contribution in [2.45, 2.75) is 12.5 Å². The summed E-state index contributed by atoms with van der Waals surface area (Å²) in [7, 11) is 0. The van der Waals surface area contributed by atoms with Crippen molar-refractivity contribution in [3.05, 3.63) is 42.4 Å². The number of aromatic amines is 1. The summed E-state index contributed by atoms with van der Waals surface area (Å²) >= 11 is 0. The SMILES string of the molecule is NC(Cc1ncc[nH]1)c1ccco1. The molecule has 0 aliphatic carbocycles. The van der Waals surface area contributed by atoms with Gasteiger partial charge in [-0.3, -0.25) is 0 Å². The highest BCUT2D eigenvalue weighted by atomic mass is 16.3. The average Bonchev–Trinajstić information content (AvgIpc) is 2.74. The number of aromatic nitrogens is 2. The van der Waals surface area contributed by atoms with Gasteiger partial charge in [0, 0.05) is 18.8 Å². The summed E-state index contributed by atoms with van der Waals surface area (Å²) in [6.45, 7) is 0. The lowest BCUT2D eigenvalue weighted by atomic mass is 10.1. The van der Waals surface area contributed by atoms with Crippen LogP contribution in [-0.2, 0) is 6.42 Å². The predicted octanol–water partition coefficient (Wildman–Crippen LogP) is 1.25. The lowest BCUT2D eigenvalue weighted by Gasteiger charge is -2.05. The Labute approximate surface area is 75.8 Å². The zero-order valence-electron chi connectivity index (χ0n) is 7.10. The maximum atomic E-state index is 5.88. The van der Waals surface area contributed by atoms with Crippen LogP contribution in [0.1, 0.15) is 17.6 Å². The molecule has 2 heterocycles. The van der Waals surface area contributed by atoms with Crippen LogP contribution in [-0.4, -0.2) is 9.97 Å². The minimum atomic E-state index is -0.124. The fraction of sp³-hybridized carbons (Fsp3) is 0.222. The van der Waals surface area contributed by atoms with Gasteiger partial charge in [0.25, 0.3) is 0 Å². The second-order valence-corrected chi connectivity index (χ2v) is 2.86. The molecule has 2 rings (SSSR count). The van der Waals surface area contributed by atoms with Gasteiger partial charge in [0.15, 0.2) is 0 Å². The highest BCUT2D eigenvalue weighted by molar-refractivity contribution is 5.06. The lowest BCUT2D eigenvalue weighted by molar-refractivity contribution is 0.461. The van der Waals surface area contributed by atoms with Gasteiger partial charge < -0.3 is 15.1 Å².